The van der Waals surface area contributed by atoms with Gasteiger partial charge in [0.15, 0.2) is 5.82 Å². The van der Waals surface area contributed by atoms with E-state index in [4.69, 9.17) is 15.0 Å². The summed E-state index contributed by atoms with van der Waals surface area (Å²) in [6.45, 7) is 0. The third kappa shape index (κ3) is 3.87. The predicted octanol–water partition coefficient (Wildman–Crippen LogP) is 10.3. The first-order chi connectivity index (χ1) is 22.7. The van der Waals surface area contributed by atoms with Gasteiger partial charge in [0.2, 0.25) is 0 Å². The smallest absolute Gasteiger partial charge is 0.160 e. The van der Waals surface area contributed by atoms with Gasteiger partial charge < -0.3 is 0 Å². The second-order valence-corrected chi connectivity index (χ2v) is 14.1. The second kappa shape index (κ2) is 10.1. The number of hydrogen-bond acceptors (Lipinski definition) is 3. The third-order valence-electron chi connectivity index (χ3n) is 11.8. The lowest BCUT2D eigenvalue weighted by Gasteiger charge is -2.61. The van der Waals surface area contributed by atoms with Gasteiger partial charge in [-0.25, -0.2) is 9.97 Å². The van der Waals surface area contributed by atoms with Crippen molar-refractivity contribution in [3.8, 4) is 56.2 Å². The van der Waals surface area contributed by atoms with E-state index in [1.54, 1.807) is 0 Å². The average Bonchev–Trinajstić information content (AvgIpc) is 3.41. The highest BCUT2D eigenvalue weighted by atomic mass is 14.9. The number of fused-ring (bicyclic) bond motifs is 3. The molecule has 0 atom stereocenters. The molecule has 6 aromatic rings. The van der Waals surface area contributed by atoms with Gasteiger partial charge in [-0.2, -0.15) is 0 Å². The van der Waals surface area contributed by atoms with Gasteiger partial charge >= 0.3 is 0 Å². The summed E-state index contributed by atoms with van der Waals surface area (Å²) in [5.41, 5.74) is 13.4. The van der Waals surface area contributed by atoms with Crippen LogP contribution in [0, 0.1) is 23.7 Å². The van der Waals surface area contributed by atoms with Crippen LogP contribution in [0.15, 0.2) is 128 Å². The Balaban J connectivity index is 1.15. The van der Waals surface area contributed by atoms with E-state index >= 15 is 0 Å². The van der Waals surface area contributed by atoms with Gasteiger partial charge in [0.1, 0.15) is 0 Å². The zero-order valence-corrected chi connectivity index (χ0v) is 25.8. The highest BCUT2D eigenvalue weighted by molar-refractivity contribution is 5.84. The Bertz CT molecular complexity index is 2090. The molecule has 11 rings (SSSR count). The molecule has 2 heterocycles. The topological polar surface area (TPSA) is 38.7 Å². The molecule has 1 spiro atoms. The Morgan fingerprint density at radius 1 is 0.478 bits per heavy atom. The normalized spacial score (nSPS) is 25.0. The maximum Gasteiger partial charge on any atom is 0.160 e. The van der Waals surface area contributed by atoms with Crippen molar-refractivity contribution < 1.29 is 0 Å². The van der Waals surface area contributed by atoms with E-state index in [-0.39, 0.29) is 5.41 Å². The van der Waals surface area contributed by atoms with Crippen molar-refractivity contribution in [2.24, 2.45) is 23.7 Å². The number of aromatic nitrogens is 3. The zero-order chi connectivity index (χ0) is 30.2. The number of nitrogens with zero attached hydrogens (tertiary/aromatic N) is 3. The van der Waals surface area contributed by atoms with E-state index in [2.05, 4.69) is 121 Å². The first kappa shape index (κ1) is 26.3. The van der Waals surface area contributed by atoms with E-state index in [0.717, 1.165) is 45.7 Å². The fourth-order valence-electron chi connectivity index (χ4n) is 10.1. The Hall–Kier alpha value is -4.89. The number of benzene rings is 4. The van der Waals surface area contributed by atoms with Gasteiger partial charge in [-0.15, -0.1) is 0 Å². The summed E-state index contributed by atoms with van der Waals surface area (Å²) in [5, 5.41) is 0. The largest absolute Gasteiger partial charge is 0.264 e. The molecule has 4 bridgehead atoms. The van der Waals surface area contributed by atoms with Gasteiger partial charge in [0.25, 0.3) is 0 Å². The van der Waals surface area contributed by atoms with Crippen LogP contribution in [0.3, 0.4) is 0 Å². The first-order valence-electron chi connectivity index (χ1n) is 16.9. The summed E-state index contributed by atoms with van der Waals surface area (Å²) in [6, 6.07) is 41.4. The van der Waals surface area contributed by atoms with Crippen LogP contribution in [-0.4, -0.2) is 15.0 Å². The van der Waals surface area contributed by atoms with Gasteiger partial charge in [-0.1, -0.05) is 91.0 Å². The summed E-state index contributed by atoms with van der Waals surface area (Å²) < 4.78 is 0. The molecule has 5 aliphatic carbocycles. The fraction of sp³-hybridized carbons (Fsp3) is 0.233. The van der Waals surface area contributed by atoms with E-state index < -0.39 is 0 Å². The highest BCUT2D eigenvalue weighted by Gasteiger charge is 2.61. The van der Waals surface area contributed by atoms with E-state index in [0.29, 0.717) is 11.8 Å². The van der Waals surface area contributed by atoms with Crippen LogP contribution >= 0.6 is 0 Å². The van der Waals surface area contributed by atoms with Crippen molar-refractivity contribution in [1.29, 1.82) is 0 Å². The lowest BCUT2D eigenvalue weighted by atomic mass is 9.43. The SMILES string of the molecule is c1ccc(-c2cccc(-c3cc(-c4ccccc4)nc(-c4ccc5c(c4)C4(c6cnccc6-5)C5CC6CC(C5)CC4C6)n3)c2)cc1. The standard InChI is InChI=1S/C43H35N3/c1-3-8-29(9-4-1)31-12-7-13-32(23-31)41-25-40(30-10-5-2-6-11-30)45-42(46-41)33-14-15-36-37-16-17-44-26-39(37)43(38(36)24-33)34-19-27-18-28(21-34)22-35(43)20-27/h1-17,23-28,34-35H,18-22H2. The lowest BCUT2D eigenvalue weighted by Crippen LogP contribution is -2.55. The van der Waals surface area contributed by atoms with Gasteiger partial charge in [0.05, 0.1) is 11.4 Å². The molecule has 3 heteroatoms. The number of pyridine rings is 1. The van der Waals surface area contributed by atoms with Gasteiger partial charge in [-0.3, -0.25) is 4.98 Å². The Morgan fingerprint density at radius 3 is 1.85 bits per heavy atom. The molecule has 46 heavy (non-hydrogen) atoms. The molecule has 2 aromatic heterocycles. The molecule has 0 N–H and O–H groups in total. The summed E-state index contributed by atoms with van der Waals surface area (Å²) in [5.74, 6) is 3.98. The molecule has 222 valence electrons. The predicted molar refractivity (Wildman–Crippen MR) is 185 cm³/mol. The minimum atomic E-state index is 0.0617. The van der Waals surface area contributed by atoms with E-state index in [1.807, 2.05) is 6.20 Å². The quantitative estimate of drug-likeness (QED) is 0.204. The molecule has 0 aliphatic heterocycles. The monoisotopic (exact) mass is 593 g/mol. The molecule has 0 unspecified atom stereocenters. The maximum atomic E-state index is 5.31. The Morgan fingerprint density at radius 2 is 1.11 bits per heavy atom. The van der Waals surface area contributed by atoms with Crippen LogP contribution in [0.1, 0.15) is 43.2 Å². The zero-order valence-electron chi connectivity index (χ0n) is 25.8. The van der Waals surface area contributed by atoms with Crippen molar-refractivity contribution in [3.05, 3.63) is 139 Å². The maximum absolute atomic E-state index is 5.31. The van der Waals surface area contributed by atoms with E-state index in [1.165, 1.54) is 65.5 Å². The summed E-state index contributed by atoms with van der Waals surface area (Å²) >= 11 is 0. The second-order valence-electron chi connectivity index (χ2n) is 14.1. The highest BCUT2D eigenvalue weighted by Crippen LogP contribution is 2.69. The van der Waals surface area contributed by atoms with Crippen molar-refractivity contribution in [2.45, 2.75) is 37.5 Å². The van der Waals surface area contributed by atoms with Crippen LogP contribution in [-0.2, 0) is 5.41 Å². The molecular weight excluding hydrogens is 558 g/mol. The number of rotatable bonds is 4. The van der Waals surface area contributed by atoms with Crippen molar-refractivity contribution in [2.75, 3.05) is 0 Å². The minimum Gasteiger partial charge on any atom is -0.264 e. The summed E-state index contributed by atoms with van der Waals surface area (Å²) in [4.78, 5) is 15.3. The molecule has 3 nitrogen and oxygen atoms in total. The van der Waals surface area contributed by atoms with Gasteiger partial charge in [-0.05, 0) is 113 Å². The van der Waals surface area contributed by atoms with Crippen molar-refractivity contribution in [1.82, 2.24) is 15.0 Å². The Labute approximate surface area is 270 Å². The molecule has 4 saturated carbocycles. The van der Waals surface area contributed by atoms with Crippen molar-refractivity contribution in [3.63, 3.8) is 0 Å². The third-order valence-corrected chi connectivity index (χ3v) is 11.8. The fourth-order valence-corrected chi connectivity index (χ4v) is 10.1. The first-order valence-corrected chi connectivity index (χ1v) is 16.9. The van der Waals surface area contributed by atoms with Crippen molar-refractivity contribution >= 4 is 0 Å². The van der Waals surface area contributed by atoms with Crippen LogP contribution in [0.2, 0.25) is 0 Å². The van der Waals surface area contributed by atoms with Crippen LogP contribution in [0.4, 0.5) is 0 Å². The molecule has 4 fully saturated rings. The average molecular weight is 594 g/mol. The summed E-state index contributed by atoms with van der Waals surface area (Å²) in [6.07, 6.45) is 11.1. The van der Waals surface area contributed by atoms with E-state index in [9.17, 15) is 0 Å². The molecule has 4 aromatic carbocycles. The van der Waals surface area contributed by atoms with Crippen LogP contribution in [0.5, 0.6) is 0 Å². The molecule has 5 aliphatic rings. The van der Waals surface area contributed by atoms with Crippen LogP contribution in [0.25, 0.3) is 56.2 Å². The number of hydrogen-bond donors (Lipinski definition) is 0. The Kier molecular flexibility index (Phi) is 5.76. The molecule has 0 saturated heterocycles. The molecule has 0 radical (unpaired) electrons. The molecular formula is C43H35N3. The minimum absolute atomic E-state index is 0.0617. The van der Waals surface area contributed by atoms with Crippen LogP contribution < -0.4 is 0 Å². The molecule has 0 amide bonds. The summed E-state index contributed by atoms with van der Waals surface area (Å²) in [7, 11) is 0. The van der Waals surface area contributed by atoms with Gasteiger partial charge in [0, 0.05) is 34.5 Å². The lowest BCUT2D eigenvalue weighted by molar-refractivity contribution is -0.0400.